The maximum absolute atomic E-state index is 11.0. The highest BCUT2D eigenvalue weighted by Crippen LogP contribution is 2.38. The number of benzene rings is 6. The van der Waals surface area contributed by atoms with Gasteiger partial charge in [-0.2, -0.15) is 0 Å². The predicted molar refractivity (Wildman–Crippen MR) is 232 cm³/mol. The van der Waals surface area contributed by atoms with Crippen molar-refractivity contribution in [3.8, 4) is 11.5 Å². The highest BCUT2D eigenvalue weighted by atomic mass is 16.5. The molecule has 0 amide bonds. The van der Waals surface area contributed by atoms with Crippen molar-refractivity contribution < 1.29 is 29.3 Å². The molecule has 2 N–H and O–H groups in total. The van der Waals surface area contributed by atoms with E-state index in [9.17, 15) is 9.59 Å². The van der Waals surface area contributed by atoms with Gasteiger partial charge in [0.1, 0.15) is 11.5 Å². The average Bonchev–Trinajstić information content (AvgIpc) is 3.87. The van der Waals surface area contributed by atoms with Crippen LogP contribution in [-0.4, -0.2) is 36.4 Å². The monoisotopic (exact) mass is 768 g/mol. The third-order valence-electron chi connectivity index (χ3n) is 11.2. The predicted octanol–water partition coefficient (Wildman–Crippen LogP) is 11.0. The van der Waals surface area contributed by atoms with E-state index in [2.05, 4.69) is 66.7 Å². The molecule has 292 valence electrons. The minimum Gasteiger partial charge on any atom is -0.496 e. The average molecular weight is 769 g/mol. The Labute approximate surface area is 340 Å². The summed E-state index contributed by atoms with van der Waals surface area (Å²) in [5, 5.41) is 18.1. The maximum atomic E-state index is 11.0. The number of carboxylic acid groups (broad SMARTS) is 2. The number of rotatable bonds is 13. The quantitative estimate of drug-likeness (QED) is 0.122. The molecule has 0 aliphatic heterocycles. The van der Waals surface area contributed by atoms with Gasteiger partial charge in [-0.05, 0) is 149 Å². The van der Waals surface area contributed by atoms with Gasteiger partial charge in [0.15, 0.2) is 0 Å². The Bertz CT molecular complexity index is 2470. The van der Waals surface area contributed by atoms with Crippen LogP contribution in [0.15, 0.2) is 140 Å². The van der Waals surface area contributed by atoms with Crippen molar-refractivity contribution in [1.82, 2.24) is 0 Å². The summed E-state index contributed by atoms with van der Waals surface area (Å²) in [6.45, 7) is 0. The SMILES string of the molecule is COc1ccccc1C=C1CCc2cccc(CCc3ccc(C(=O)O)cc3)c21.COc1ccccc1CC1=CCc2cccc(CCc3ccc(C(=O)O)cc3)c21. The second-order valence-corrected chi connectivity index (χ2v) is 14.7. The van der Waals surface area contributed by atoms with Crippen molar-refractivity contribution in [2.24, 2.45) is 0 Å². The zero-order valence-electron chi connectivity index (χ0n) is 33.0. The molecule has 6 heteroatoms. The highest BCUT2D eigenvalue weighted by molar-refractivity contribution is 5.89. The Morgan fingerprint density at radius 3 is 1.69 bits per heavy atom. The van der Waals surface area contributed by atoms with Gasteiger partial charge in [0.2, 0.25) is 0 Å². The van der Waals surface area contributed by atoms with E-state index in [1.165, 1.54) is 50.1 Å². The summed E-state index contributed by atoms with van der Waals surface area (Å²) < 4.78 is 11.1. The second-order valence-electron chi connectivity index (χ2n) is 14.7. The van der Waals surface area contributed by atoms with Gasteiger partial charge in [0, 0.05) is 12.0 Å². The van der Waals surface area contributed by atoms with Gasteiger partial charge in [-0.3, -0.25) is 0 Å². The van der Waals surface area contributed by atoms with E-state index >= 15 is 0 Å². The molecular formula is C52H48O6. The van der Waals surface area contributed by atoms with Crippen molar-refractivity contribution in [3.05, 3.63) is 206 Å². The van der Waals surface area contributed by atoms with Gasteiger partial charge in [-0.1, -0.05) is 103 Å². The Balaban J connectivity index is 0.000000177. The van der Waals surface area contributed by atoms with Crippen LogP contribution in [0.3, 0.4) is 0 Å². The fraction of sp³-hybridized carbons (Fsp3) is 0.192. The third kappa shape index (κ3) is 9.30. The van der Waals surface area contributed by atoms with Crippen molar-refractivity contribution >= 4 is 29.2 Å². The van der Waals surface area contributed by atoms with Crippen LogP contribution >= 0.6 is 0 Å². The fourth-order valence-corrected chi connectivity index (χ4v) is 8.17. The molecule has 0 bridgehead atoms. The van der Waals surface area contributed by atoms with Crippen LogP contribution < -0.4 is 9.47 Å². The molecule has 0 radical (unpaired) electrons. The van der Waals surface area contributed by atoms with Gasteiger partial charge in [-0.15, -0.1) is 0 Å². The molecule has 0 unspecified atom stereocenters. The minimum atomic E-state index is -0.886. The molecular weight excluding hydrogens is 721 g/mol. The number of aryl methyl sites for hydroxylation is 5. The van der Waals surface area contributed by atoms with Gasteiger partial charge in [0.05, 0.1) is 25.3 Å². The van der Waals surface area contributed by atoms with Crippen LogP contribution in [0.25, 0.3) is 17.2 Å². The Hall–Kier alpha value is -6.66. The van der Waals surface area contributed by atoms with Crippen LogP contribution in [-0.2, 0) is 44.9 Å². The fourth-order valence-electron chi connectivity index (χ4n) is 8.17. The lowest BCUT2D eigenvalue weighted by Gasteiger charge is -2.14. The molecule has 2 aliphatic carbocycles. The molecule has 2 aliphatic rings. The van der Waals surface area contributed by atoms with E-state index < -0.39 is 11.9 Å². The molecule has 58 heavy (non-hydrogen) atoms. The summed E-state index contributed by atoms with van der Waals surface area (Å²) in [6.07, 6.45) is 12.2. The minimum absolute atomic E-state index is 0.330. The second kappa shape index (κ2) is 18.5. The van der Waals surface area contributed by atoms with E-state index in [4.69, 9.17) is 19.7 Å². The number of carboxylic acids is 2. The molecule has 0 aromatic heterocycles. The molecule has 0 fully saturated rings. The number of carbonyl (C=O) groups is 2. The molecule has 6 aromatic rings. The Kier molecular flexibility index (Phi) is 12.6. The van der Waals surface area contributed by atoms with Gasteiger partial charge in [0.25, 0.3) is 0 Å². The van der Waals surface area contributed by atoms with Crippen molar-refractivity contribution in [2.45, 2.75) is 51.4 Å². The number of para-hydroxylation sites is 2. The van der Waals surface area contributed by atoms with Crippen LogP contribution in [0.5, 0.6) is 11.5 Å². The summed E-state index contributed by atoms with van der Waals surface area (Å²) in [6, 6.07) is 43.9. The van der Waals surface area contributed by atoms with Crippen LogP contribution in [0.2, 0.25) is 0 Å². The first-order chi connectivity index (χ1) is 28.3. The molecule has 0 saturated heterocycles. The summed E-state index contributed by atoms with van der Waals surface area (Å²) in [5.74, 6) is 0.0504. The molecule has 6 nitrogen and oxygen atoms in total. The standard InChI is InChI=1S/2C26H24O3/c2*1-29-24-8-3-2-5-22(24)17-23-16-15-20-7-4-6-19(25(20)23)12-9-18-10-13-21(14-11-18)26(27)28/h2-8,10-11,13-14,17H,9,12,15-16H2,1H3,(H,27,28);2-8,10-11,13-14,16H,9,12,15,17H2,1H3,(H,27,28). The number of allylic oxidation sites excluding steroid dienone is 3. The molecule has 0 atom stereocenters. The van der Waals surface area contributed by atoms with E-state index in [0.717, 1.165) is 79.6 Å². The number of methoxy groups -OCH3 is 2. The smallest absolute Gasteiger partial charge is 0.335 e. The highest BCUT2D eigenvalue weighted by Gasteiger charge is 2.21. The van der Waals surface area contributed by atoms with Crippen molar-refractivity contribution in [1.29, 1.82) is 0 Å². The third-order valence-corrected chi connectivity index (χ3v) is 11.2. The van der Waals surface area contributed by atoms with E-state index in [1.54, 1.807) is 38.5 Å². The number of aromatic carboxylic acids is 2. The number of hydrogen-bond acceptors (Lipinski definition) is 4. The summed E-state index contributed by atoms with van der Waals surface area (Å²) in [4.78, 5) is 22.1. The summed E-state index contributed by atoms with van der Waals surface area (Å²) >= 11 is 0. The topological polar surface area (TPSA) is 93.1 Å². The van der Waals surface area contributed by atoms with Crippen LogP contribution in [0.1, 0.15) is 82.8 Å². The van der Waals surface area contributed by atoms with E-state index in [1.807, 2.05) is 54.6 Å². The Morgan fingerprint density at radius 1 is 0.552 bits per heavy atom. The zero-order chi connectivity index (χ0) is 40.4. The summed E-state index contributed by atoms with van der Waals surface area (Å²) in [7, 11) is 3.43. The first-order valence-electron chi connectivity index (χ1n) is 19.8. The molecule has 0 heterocycles. The number of hydrogen-bond donors (Lipinski definition) is 2. The lowest BCUT2D eigenvalue weighted by atomic mass is 9.91. The van der Waals surface area contributed by atoms with Gasteiger partial charge < -0.3 is 19.7 Å². The maximum Gasteiger partial charge on any atom is 0.335 e. The first-order valence-corrected chi connectivity index (χ1v) is 19.8. The van der Waals surface area contributed by atoms with E-state index in [0.29, 0.717) is 11.1 Å². The molecule has 6 aromatic carbocycles. The van der Waals surface area contributed by atoms with Crippen molar-refractivity contribution in [3.63, 3.8) is 0 Å². The molecule has 0 saturated carbocycles. The van der Waals surface area contributed by atoms with Gasteiger partial charge in [-0.25, -0.2) is 9.59 Å². The molecule has 8 rings (SSSR count). The van der Waals surface area contributed by atoms with Crippen molar-refractivity contribution in [2.75, 3.05) is 14.2 Å². The van der Waals surface area contributed by atoms with Crippen LogP contribution in [0, 0.1) is 0 Å². The van der Waals surface area contributed by atoms with E-state index in [-0.39, 0.29) is 0 Å². The number of ether oxygens (including phenoxy) is 2. The van der Waals surface area contributed by atoms with Gasteiger partial charge >= 0.3 is 11.9 Å². The normalized spacial score (nSPS) is 13.2. The lowest BCUT2D eigenvalue weighted by Crippen LogP contribution is -2.01. The summed E-state index contributed by atoms with van der Waals surface area (Å²) in [5.41, 5.74) is 16.2. The Morgan fingerprint density at radius 2 is 1.09 bits per heavy atom. The lowest BCUT2D eigenvalue weighted by molar-refractivity contribution is 0.0686. The largest absolute Gasteiger partial charge is 0.496 e. The van der Waals surface area contributed by atoms with Crippen LogP contribution in [0.4, 0.5) is 0 Å². The zero-order valence-corrected chi connectivity index (χ0v) is 33.0. The first kappa shape index (κ1) is 39.6. The molecule has 0 spiro atoms. The number of fused-ring (bicyclic) bond motifs is 2.